The highest BCUT2D eigenvalue weighted by molar-refractivity contribution is 7.99. The summed E-state index contributed by atoms with van der Waals surface area (Å²) in [6.07, 6.45) is 7.24. The zero-order valence-corrected chi connectivity index (χ0v) is 13.9. The van der Waals surface area contributed by atoms with Gasteiger partial charge in [0.2, 0.25) is 11.1 Å². The lowest BCUT2D eigenvalue weighted by atomic mass is 10.1. The van der Waals surface area contributed by atoms with Crippen LogP contribution in [-0.4, -0.2) is 32.9 Å². The van der Waals surface area contributed by atoms with Gasteiger partial charge in [0.05, 0.1) is 5.75 Å². The number of carbonyl (C=O) groups excluding carboxylic acids is 1. The molecule has 0 bridgehead atoms. The van der Waals surface area contributed by atoms with E-state index in [2.05, 4.69) is 20.5 Å². The van der Waals surface area contributed by atoms with Gasteiger partial charge in [-0.15, -0.1) is 5.10 Å². The Labute approximate surface area is 140 Å². The number of hydrogen-bond acceptors (Lipinski definition) is 4. The van der Waals surface area contributed by atoms with Crippen LogP contribution in [-0.2, 0) is 4.79 Å². The molecule has 23 heavy (non-hydrogen) atoms. The largest absolute Gasteiger partial charge is 0.353 e. The Morgan fingerprint density at radius 1 is 1.17 bits per heavy atom. The van der Waals surface area contributed by atoms with Crippen LogP contribution in [0.1, 0.15) is 38.5 Å². The normalized spacial score (nSPS) is 16.0. The molecule has 3 rings (SSSR count). The maximum Gasteiger partial charge on any atom is 0.230 e. The van der Waals surface area contributed by atoms with E-state index in [1.807, 2.05) is 30.3 Å². The van der Waals surface area contributed by atoms with Gasteiger partial charge in [-0.1, -0.05) is 67.8 Å². The molecule has 1 saturated carbocycles. The van der Waals surface area contributed by atoms with Crippen LogP contribution in [0.3, 0.4) is 0 Å². The number of benzene rings is 1. The SMILES string of the molecule is O=C(CSc1n[nH]c(-c2ccccc2)n1)NC1CCCCCC1. The minimum Gasteiger partial charge on any atom is -0.353 e. The minimum atomic E-state index is 0.0768. The molecule has 0 unspecified atom stereocenters. The second-order valence-electron chi connectivity index (χ2n) is 5.88. The highest BCUT2D eigenvalue weighted by Crippen LogP contribution is 2.20. The summed E-state index contributed by atoms with van der Waals surface area (Å²) in [6, 6.07) is 10.2. The summed E-state index contributed by atoms with van der Waals surface area (Å²) in [6.45, 7) is 0. The third kappa shape index (κ3) is 4.82. The van der Waals surface area contributed by atoms with Crippen molar-refractivity contribution in [3.8, 4) is 11.4 Å². The number of H-pyrrole nitrogens is 1. The third-order valence-corrected chi connectivity index (χ3v) is 4.91. The number of aromatic nitrogens is 3. The summed E-state index contributed by atoms with van der Waals surface area (Å²) >= 11 is 1.37. The Bertz CT molecular complexity index is 621. The van der Waals surface area contributed by atoms with E-state index in [1.54, 1.807) is 0 Å². The molecular weight excluding hydrogens is 308 g/mol. The Morgan fingerprint density at radius 2 is 1.91 bits per heavy atom. The maximum absolute atomic E-state index is 12.1. The fourth-order valence-corrected chi connectivity index (χ4v) is 3.47. The van der Waals surface area contributed by atoms with Crippen LogP contribution in [0.25, 0.3) is 11.4 Å². The summed E-state index contributed by atoms with van der Waals surface area (Å²) < 4.78 is 0. The monoisotopic (exact) mass is 330 g/mol. The lowest BCUT2D eigenvalue weighted by Crippen LogP contribution is -2.35. The van der Waals surface area contributed by atoms with Gasteiger partial charge in [0.25, 0.3) is 0 Å². The first-order valence-electron chi connectivity index (χ1n) is 8.21. The van der Waals surface area contributed by atoms with Crippen molar-refractivity contribution in [2.75, 3.05) is 5.75 Å². The van der Waals surface area contributed by atoms with Gasteiger partial charge in [0.1, 0.15) is 0 Å². The van der Waals surface area contributed by atoms with Gasteiger partial charge in [0, 0.05) is 11.6 Å². The van der Waals surface area contributed by atoms with E-state index in [-0.39, 0.29) is 5.91 Å². The molecule has 1 fully saturated rings. The molecule has 0 saturated heterocycles. The predicted molar refractivity (Wildman–Crippen MR) is 92.2 cm³/mol. The number of nitrogens with one attached hydrogen (secondary N) is 2. The summed E-state index contributed by atoms with van der Waals surface area (Å²) in [5.74, 6) is 1.17. The molecule has 1 amide bonds. The van der Waals surface area contributed by atoms with Crippen LogP contribution in [0, 0.1) is 0 Å². The molecule has 2 N–H and O–H groups in total. The number of carbonyl (C=O) groups is 1. The number of hydrogen-bond donors (Lipinski definition) is 2. The average molecular weight is 330 g/mol. The Kier molecular flexibility index (Phi) is 5.69. The molecule has 0 radical (unpaired) electrons. The number of nitrogens with zero attached hydrogens (tertiary/aromatic N) is 2. The van der Waals surface area contributed by atoms with Crippen molar-refractivity contribution in [3.63, 3.8) is 0 Å². The highest BCUT2D eigenvalue weighted by Gasteiger charge is 2.15. The van der Waals surface area contributed by atoms with Crippen molar-refractivity contribution in [1.29, 1.82) is 0 Å². The van der Waals surface area contributed by atoms with Crippen molar-refractivity contribution >= 4 is 17.7 Å². The Hall–Kier alpha value is -1.82. The number of amides is 1. The van der Waals surface area contributed by atoms with Gasteiger partial charge >= 0.3 is 0 Å². The zero-order valence-electron chi connectivity index (χ0n) is 13.1. The van der Waals surface area contributed by atoms with Gasteiger partial charge in [0.15, 0.2) is 5.82 Å². The van der Waals surface area contributed by atoms with E-state index < -0.39 is 0 Å². The van der Waals surface area contributed by atoms with Crippen molar-refractivity contribution < 1.29 is 4.79 Å². The van der Waals surface area contributed by atoms with Crippen molar-refractivity contribution in [2.45, 2.75) is 49.7 Å². The first-order valence-corrected chi connectivity index (χ1v) is 9.20. The van der Waals surface area contributed by atoms with E-state index in [0.717, 1.165) is 24.2 Å². The topological polar surface area (TPSA) is 70.7 Å². The zero-order chi connectivity index (χ0) is 15.9. The van der Waals surface area contributed by atoms with E-state index in [1.165, 1.54) is 37.4 Å². The van der Waals surface area contributed by atoms with Crippen LogP contribution in [0.4, 0.5) is 0 Å². The second-order valence-corrected chi connectivity index (χ2v) is 6.82. The Morgan fingerprint density at radius 3 is 2.65 bits per heavy atom. The summed E-state index contributed by atoms with van der Waals surface area (Å²) in [7, 11) is 0. The molecule has 6 heteroatoms. The maximum atomic E-state index is 12.1. The van der Waals surface area contributed by atoms with Crippen LogP contribution in [0.5, 0.6) is 0 Å². The molecule has 1 aliphatic carbocycles. The lowest BCUT2D eigenvalue weighted by Gasteiger charge is -2.15. The molecule has 0 spiro atoms. The molecule has 5 nitrogen and oxygen atoms in total. The van der Waals surface area contributed by atoms with Gasteiger partial charge in [-0.25, -0.2) is 4.98 Å². The average Bonchev–Trinajstić information content (AvgIpc) is 2.91. The van der Waals surface area contributed by atoms with Crippen LogP contribution in [0.15, 0.2) is 35.5 Å². The number of aromatic amines is 1. The molecule has 1 heterocycles. The first-order chi connectivity index (χ1) is 11.3. The van der Waals surface area contributed by atoms with E-state index in [9.17, 15) is 4.79 Å². The molecule has 1 aromatic carbocycles. The van der Waals surface area contributed by atoms with Crippen LogP contribution in [0.2, 0.25) is 0 Å². The van der Waals surface area contributed by atoms with Crippen molar-refractivity contribution in [1.82, 2.24) is 20.5 Å². The predicted octanol–water partition coefficient (Wildman–Crippen LogP) is 3.40. The van der Waals surface area contributed by atoms with Crippen molar-refractivity contribution in [3.05, 3.63) is 30.3 Å². The van der Waals surface area contributed by atoms with Crippen LogP contribution < -0.4 is 5.32 Å². The minimum absolute atomic E-state index is 0.0768. The number of thioether (sulfide) groups is 1. The van der Waals surface area contributed by atoms with E-state index >= 15 is 0 Å². The van der Waals surface area contributed by atoms with Crippen molar-refractivity contribution in [2.24, 2.45) is 0 Å². The fourth-order valence-electron chi connectivity index (χ4n) is 2.86. The summed E-state index contributed by atoms with van der Waals surface area (Å²) in [5, 5.41) is 10.8. The second kappa shape index (κ2) is 8.15. The van der Waals surface area contributed by atoms with Gasteiger partial charge in [-0.05, 0) is 12.8 Å². The third-order valence-electron chi connectivity index (χ3n) is 4.06. The smallest absolute Gasteiger partial charge is 0.230 e. The van der Waals surface area contributed by atoms with Crippen LogP contribution >= 0.6 is 11.8 Å². The molecular formula is C17H22N4OS. The molecule has 0 atom stereocenters. The lowest BCUT2D eigenvalue weighted by molar-refractivity contribution is -0.119. The number of rotatable bonds is 5. The first kappa shape index (κ1) is 16.1. The molecule has 1 aliphatic rings. The highest BCUT2D eigenvalue weighted by atomic mass is 32.2. The molecule has 122 valence electrons. The molecule has 1 aromatic heterocycles. The molecule has 2 aromatic rings. The quantitative estimate of drug-likeness (QED) is 0.651. The standard InChI is InChI=1S/C17H22N4OS/c22-15(18-14-10-6-1-2-7-11-14)12-23-17-19-16(20-21-17)13-8-4-3-5-9-13/h3-5,8-9,14H,1-2,6-7,10-12H2,(H,18,22)(H,19,20,21). The van der Waals surface area contributed by atoms with Gasteiger partial charge in [-0.3, -0.25) is 9.89 Å². The summed E-state index contributed by atoms with van der Waals surface area (Å²) in [5.41, 5.74) is 0.995. The molecule has 0 aliphatic heterocycles. The summed E-state index contributed by atoms with van der Waals surface area (Å²) in [4.78, 5) is 16.5. The van der Waals surface area contributed by atoms with E-state index in [0.29, 0.717) is 17.0 Å². The Balaban J connectivity index is 1.48. The fraction of sp³-hybridized carbons (Fsp3) is 0.471. The van der Waals surface area contributed by atoms with Gasteiger partial charge in [-0.2, -0.15) is 0 Å². The van der Waals surface area contributed by atoms with Gasteiger partial charge < -0.3 is 5.32 Å². The van der Waals surface area contributed by atoms with E-state index in [4.69, 9.17) is 0 Å².